The highest BCUT2D eigenvalue weighted by atomic mass is 19.1. The molecule has 20 heavy (non-hydrogen) atoms. The van der Waals surface area contributed by atoms with Crippen LogP contribution in [0, 0.1) is 12.7 Å². The highest BCUT2D eigenvalue weighted by molar-refractivity contribution is 5.30. The molecular weight excluding hydrogens is 251 g/mol. The van der Waals surface area contributed by atoms with Gasteiger partial charge in [-0.1, -0.05) is 25.1 Å². The molecule has 2 aromatic rings. The summed E-state index contributed by atoms with van der Waals surface area (Å²) in [7, 11) is 0. The number of nitrogens with zero attached hydrogens (tertiary/aromatic N) is 1. The van der Waals surface area contributed by atoms with Crippen LogP contribution < -0.4 is 5.73 Å². The van der Waals surface area contributed by atoms with E-state index < -0.39 is 5.54 Å². The zero-order valence-corrected chi connectivity index (χ0v) is 12.3. The number of nitrogens with two attached hydrogens (primary N) is 1. The first-order valence-corrected chi connectivity index (χ1v) is 6.91. The molecule has 0 amide bonds. The van der Waals surface area contributed by atoms with Crippen LogP contribution in [0.25, 0.3) is 0 Å². The Hall–Kier alpha value is -1.74. The summed E-state index contributed by atoms with van der Waals surface area (Å²) in [5.41, 5.74) is 9.28. The molecule has 2 rings (SSSR count). The van der Waals surface area contributed by atoms with Crippen LogP contribution in [-0.4, -0.2) is 4.98 Å². The van der Waals surface area contributed by atoms with Crippen LogP contribution in [0.3, 0.4) is 0 Å². The summed E-state index contributed by atoms with van der Waals surface area (Å²) in [5, 5.41) is 0. The van der Waals surface area contributed by atoms with Crippen molar-refractivity contribution >= 4 is 0 Å². The average Bonchev–Trinajstić information content (AvgIpc) is 2.42. The van der Waals surface area contributed by atoms with E-state index in [0.717, 1.165) is 17.7 Å². The molecule has 0 radical (unpaired) electrons. The van der Waals surface area contributed by atoms with Gasteiger partial charge in [-0.2, -0.15) is 0 Å². The molecule has 106 valence electrons. The molecule has 0 bridgehead atoms. The van der Waals surface area contributed by atoms with Gasteiger partial charge in [0, 0.05) is 23.9 Å². The number of pyridine rings is 1. The average molecular weight is 272 g/mol. The molecule has 0 fully saturated rings. The number of halogens is 1. The third kappa shape index (κ3) is 3.23. The Morgan fingerprint density at radius 2 is 2.00 bits per heavy atom. The van der Waals surface area contributed by atoms with Crippen molar-refractivity contribution in [1.29, 1.82) is 0 Å². The molecular formula is C17H21FN2. The predicted octanol–water partition coefficient (Wildman–Crippen LogP) is 3.51. The molecule has 2 nitrogen and oxygen atoms in total. The van der Waals surface area contributed by atoms with Crippen molar-refractivity contribution in [1.82, 2.24) is 4.98 Å². The lowest BCUT2D eigenvalue weighted by Crippen LogP contribution is -2.36. The van der Waals surface area contributed by atoms with Gasteiger partial charge in [-0.25, -0.2) is 4.39 Å². The van der Waals surface area contributed by atoms with Gasteiger partial charge < -0.3 is 5.73 Å². The highest BCUT2D eigenvalue weighted by Gasteiger charge is 2.23. The van der Waals surface area contributed by atoms with E-state index in [1.807, 2.05) is 25.3 Å². The van der Waals surface area contributed by atoms with E-state index in [1.54, 1.807) is 13.0 Å². The normalized spacial score (nSPS) is 14.1. The van der Waals surface area contributed by atoms with Gasteiger partial charge in [0.15, 0.2) is 0 Å². The van der Waals surface area contributed by atoms with Gasteiger partial charge in [0.05, 0.1) is 0 Å². The van der Waals surface area contributed by atoms with Gasteiger partial charge in [0.1, 0.15) is 5.82 Å². The second-order valence-corrected chi connectivity index (χ2v) is 5.57. The van der Waals surface area contributed by atoms with E-state index >= 15 is 0 Å². The van der Waals surface area contributed by atoms with Crippen molar-refractivity contribution in [2.75, 3.05) is 0 Å². The Kier molecular flexibility index (Phi) is 4.19. The summed E-state index contributed by atoms with van der Waals surface area (Å²) in [5.74, 6) is -0.214. The summed E-state index contributed by atoms with van der Waals surface area (Å²) in [6.45, 7) is 5.75. The lowest BCUT2D eigenvalue weighted by molar-refractivity contribution is 0.480. The fraction of sp³-hybridized carbons (Fsp3) is 0.353. The Labute approximate surface area is 119 Å². The van der Waals surface area contributed by atoms with Gasteiger partial charge in [-0.3, -0.25) is 4.98 Å². The molecule has 0 saturated heterocycles. The maximum absolute atomic E-state index is 13.7. The van der Waals surface area contributed by atoms with Crippen molar-refractivity contribution in [2.24, 2.45) is 5.73 Å². The Morgan fingerprint density at radius 1 is 1.25 bits per heavy atom. The van der Waals surface area contributed by atoms with E-state index in [-0.39, 0.29) is 5.82 Å². The molecule has 0 spiro atoms. The number of aryl methyl sites for hydroxylation is 2. The summed E-state index contributed by atoms with van der Waals surface area (Å²) in [6, 6.07) is 9.24. The second-order valence-electron chi connectivity index (χ2n) is 5.57. The largest absolute Gasteiger partial charge is 0.321 e. The SMILES string of the molecule is CCc1ccc(CC(C)(N)c2ccc(C)c(F)c2)nc1. The molecule has 1 unspecified atom stereocenters. The van der Waals surface area contributed by atoms with Gasteiger partial charge >= 0.3 is 0 Å². The third-order valence-electron chi connectivity index (χ3n) is 3.67. The summed E-state index contributed by atoms with van der Waals surface area (Å²) in [6.07, 6.45) is 3.43. The van der Waals surface area contributed by atoms with Crippen LogP contribution in [0.15, 0.2) is 36.5 Å². The van der Waals surface area contributed by atoms with E-state index in [4.69, 9.17) is 5.73 Å². The van der Waals surface area contributed by atoms with Crippen molar-refractivity contribution in [3.8, 4) is 0 Å². The minimum absolute atomic E-state index is 0.214. The first-order valence-electron chi connectivity index (χ1n) is 6.91. The molecule has 1 aromatic carbocycles. The Morgan fingerprint density at radius 3 is 2.55 bits per heavy atom. The summed E-state index contributed by atoms with van der Waals surface area (Å²) < 4.78 is 13.7. The van der Waals surface area contributed by atoms with Crippen molar-refractivity contribution < 1.29 is 4.39 Å². The van der Waals surface area contributed by atoms with Gasteiger partial charge in [-0.05, 0) is 49.1 Å². The van der Waals surface area contributed by atoms with E-state index in [1.165, 1.54) is 11.6 Å². The van der Waals surface area contributed by atoms with E-state index in [0.29, 0.717) is 12.0 Å². The van der Waals surface area contributed by atoms with Crippen molar-refractivity contribution in [2.45, 2.75) is 39.2 Å². The topological polar surface area (TPSA) is 38.9 Å². The fourth-order valence-electron chi connectivity index (χ4n) is 2.20. The minimum Gasteiger partial charge on any atom is -0.321 e. The first-order chi connectivity index (χ1) is 9.42. The van der Waals surface area contributed by atoms with Crippen LogP contribution in [0.4, 0.5) is 4.39 Å². The molecule has 0 aliphatic heterocycles. The summed E-state index contributed by atoms with van der Waals surface area (Å²) >= 11 is 0. The number of rotatable bonds is 4. The molecule has 1 atom stereocenters. The lowest BCUT2D eigenvalue weighted by atomic mass is 9.87. The smallest absolute Gasteiger partial charge is 0.126 e. The fourth-order valence-corrected chi connectivity index (χ4v) is 2.20. The summed E-state index contributed by atoms with van der Waals surface area (Å²) in [4.78, 5) is 4.43. The predicted molar refractivity (Wildman–Crippen MR) is 80.0 cm³/mol. The maximum Gasteiger partial charge on any atom is 0.126 e. The Bertz CT molecular complexity index is 588. The zero-order valence-electron chi connectivity index (χ0n) is 12.3. The van der Waals surface area contributed by atoms with E-state index in [9.17, 15) is 4.39 Å². The number of benzene rings is 1. The zero-order chi connectivity index (χ0) is 14.8. The molecule has 0 aliphatic rings. The molecule has 2 N–H and O–H groups in total. The number of hydrogen-bond acceptors (Lipinski definition) is 2. The number of aromatic nitrogens is 1. The number of hydrogen-bond donors (Lipinski definition) is 1. The molecule has 0 saturated carbocycles. The molecule has 3 heteroatoms. The van der Waals surface area contributed by atoms with Crippen molar-refractivity contribution in [3.63, 3.8) is 0 Å². The molecule has 1 heterocycles. The van der Waals surface area contributed by atoms with Crippen LogP contribution in [0.5, 0.6) is 0 Å². The Balaban J connectivity index is 2.22. The second kappa shape index (κ2) is 5.71. The lowest BCUT2D eigenvalue weighted by Gasteiger charge is -2.25. The maximum atomic E-state index is 13.7. The van der Waals surface area contributed by atoms with Crippen LogP contribution in [-0.2, 0) is 18.4 Å². The van der Waals surface area contributed by atoms with Crippen LogP contribution >= 0.6 is 0 Å². The van der Waals surface area contributed by atoms with Crippen LogP contribution in [0.2, 0.25) is 0 Å². The van der Waals surface area contributed by atoms with Gasteiger partial charge in [0.25, 0.3) is 0 Å². The quantitative estimate of drug-likeness (QED) is 0.925. The molecule has 0 aliphatic carbocycles. The first kappa shape index (κ1) is 14.7. The van der Waals surface area contributed by atoms with Crippen molar-refractivity contribution in [3.05, 3.63) is 64.7 Å². The van der Waals surface area contributed by atoms with Crippen LogP contribution in [0.1, 0.15) is 36.2 Å². The minimum atomic E-state index is -0.630. The highest BCUT2D eigenvalue weighted by Crippen LogP contribution is 2.24. The van der Waals surface area contributed by atoms with Gasteiger partial charge in [0.2, 0.25) is 0 Å². The monoisotopic (exact) mass is 272 g/mol. The third-order valence-corrected chi connectivity index (χ3v) is 3.67. The molecule has 1 aromatic heterocycles. The van der Waals surface area contributed by atoms with Gasteiger partial charge in [-0.15, -0.1) is 0 Å². The standard InChI is InChI=1S/C17H21FN2/c1-4-13-6-8-15(20-11-13)10-17(3,19)14-7-5-12(2)16(18)9-14/h5-9,11H,4,10,19H2,1-3H3. The van der Waals surface area contributed by atoms with E-state index in [2.05, 4.69) is 18.0 Å².